The van der Waals surface area contributed by atoms with Crippen molar-refractivity contribution in [1.82, 2.24) is 0 Å². The molecule has 0 atom stereocenters. The van der Waals surface area contributed by atoms with Gasteiger partial charge in [-0.2, -0.15) is 0 Å². The molecule has 3 heteroatoms. The number of rotatable bonds is 3. The summed E-state index contributed by atoms with van der Waals surface area (Å²) in [5.41, 5.74) is 0. The number of esters is 1. The van der Waals surface area contributed by atoms with Crippen LogP contribution < -0.4 is 0 Å². The maximum absolute atomic E-state index is 10.0. The van der Waals surface area contributed by atoms with Gasteiger partial charge in [-0.15, -0.1) is 0 Å². The lowest BCUT2D eigenvalue weighted by molar-refractivity contribution is -0.142. The highest BCUT2D eigenvalue weighted by molar-refractivity contribution is 5.65. The fraction of sp³-hybridized carbons (Fsp3) is 0.889. The maximum atomic E-state index is 10.0. The van der Waals surface area contributed by atoms with Crippen molar-refractivity contribution in [2.45, 2.75) is 36.6 Å². The molecule has 0 aliphatic rings. The van der Waals surface area contributed by atoms with Gasteiger partial charge in [0.05, 0.1) is 6.61 Å². The van der Waals surface area contributed by atoms with Crippen LogP contribution in [0.25, 0.3) is 0 Å². The molecule has 0 radical (unpaired) electrons. The van der Waals surface area contributed by atoms with Crippen molar-refractivity contribution >= 4 is 5.97 Å². The second-order valence-electron chi connectivity index (χ2n) is 1.33. The van der Waals surface area contributed by atoms with E-state index >= 15 is 0 Å². The molecule has 3 nitrogen and oxygen atoms in total. The molecule has 0 aromatic rings. The smallest absolute Gasteiger partial charge is 0.302 e. The third kappa shape index (κ3) is 34.1. The molecule has 0 aliphatic heterocycles. The van der Waals surface area contributed by atoms with E-state index in [0.29, 0.717) is 13.2 Å². The van der Waals surface area contributed by atoms with E-state index in [-0.39, 0.29) is 35.7 Å². The van der Waals surface area contributed by atoms with Gasteiger partial charge >= 0.3 is 5.97 Å². The van der Waals surface area contributed by atoms with Crippen molar-refractivity contribution < 1.29 is 14.3 Å². The number of carbonyl (C=O) groups is 1. The Hall–Kier alpha value is -0.570. The Morgan fingerprint density at radius 1 is 1.08 bits per heavy atom. The van der Waals surface area contributed by atoms with E-state index in [4.69, 9.17) is 0 Å². The predicted octanol–water partition coefficient (Wildman–Crippen LogP) is 2.74. The standard InChI is InChI=1S/C5H10O3.4CH4/c1-5(6)8-4-3-7-2;;;;/h3-4H2,1-2H3;4*1H4. The number of hydrogen-bond acceptors (Lipinski definition) is 3. The van der Waals surface area contributed by atoms with Crippen LogP contribution in [0.15, 0.2) is 0 Å². The molecule has 80 valence electrons. The van der Waals surface area contributed by atoms with Gasteiger partial charge in [0, 0.05) is 14.0 Å². The maximum Gasteiger partial charge on any atom is 0.302 e. The van der Waals surface area contributed by atoms with Crippen molar-refractivity contribution in [3.63, 3.8) is 0 Å². The third-order valence-corrected chi connectivity index (χ3v) is 0.593. The molecule has 0 spiro atoms. The van der Waals surface area contributed by atoms with E-state index in [1.165, 1.54) is 6.92 Å². The molecular formula is C9H26O3. The summed E-state index contributed by atoms with van der Waals surface area (Å²) in [6, 6.07) is 0. The molecule has 0 aromatic carbocycles. The number of hydrogen-bond donors (Lipinski definition) is 0. The Balaban J connectivity index is -0.0000000408. The topological polar surface area (TPSA) is 35.5 Å². The first-order valence-electron chi connectivity index (χ1n) is 2.39. The largest absolute Gasteiger partial charge is 0.463 e. The first-order valence-corrected chi connectivity index (χ1v) is 2.39. The molecule has 0 N–H and O–H groups in total. The molecular weight excluding hydrogens is 156 g/mol. The summed E-state index contributed by atoms with van der Waals surface area (Å²) in [6.07, 6.45) is 0. The minimum atomic E-state index is -0.262. The molecule has 0 bridgehead atoms. The summed E-state index contributed by atoms with van der Waals surface area (Å²) in [7, 11) is 1.56. The summed E-state index contributed by atoms with van der Waals surface area (Å²) < 4.78 is 9.13. The van der Waals surface area contributed by atoms with Crippen molar-refractivity contribution in [3.05, 3.63) is 0 Å². The normalized spacial score (nSPS) is 5.83. The minimum absolute atomic E-state index is 0. The second kappa shape index (κ2) is 22.4. The van der Waals surface area contributed by atoms with Crippen LogP contribution in [0.1, 0.15) is 36.6 Å². The van der Waals surface area contributed by atoms with E-state index < -0.39 is 0 Å². The van der Waals surface area contributed by atoms with Crippen LogP contribution in [0.5, 0.6) is 0 Å². The zero-order valence-corrected chi connectivity index (χ0v) is 5.14. The van der Waals surface area contributed by atoms with E-state index in [2.05, 4.69) is 9.47 Å². The van der Waals surface area contributed by atoms with Crippen LogP contribution in [0, 0.1) is 0 Å². The predicted molar refractivity (Wildman–Crippen MR) is 55.4 cm³/mol. The lowest BCUT2D eigenvalue weighted by Gasteiger charge is -1.97. The summed E-state index contributed by atoms with van der Waals surface area (Å²) in [6.45, 7) is 2.20. The van der Waals surface area contributed by atoms with Gasteiger partial charge in [0.2, 0.25) is 0 Å². The van der Waals surface area contributed by atoms with E-state index in [0.717, 1.165) is 0 Å². The molecule has 0 fully saturated rings. The van der Waals surface area contributed by atoms with Gasteiger partial charge < -0.3 is 9.47 Å². The summed E-state index contributed by atoms with van der Waals surface area (Å²) in [4.78, 5) is 10.0. The van der Waals surface area contributed by atoms with Crippen molar-refractivity contribution in [2.24, 2.45) is 0 Å². The van der Waals surface area contributed by atoms with Gasteiger partial charge in [0.25, 0.3) is 0 Å². The van der Waals surface area contributed by atoms with Crippen LogP contribution >= 0.6 is 0 Å². The first-order chi connectivity index (χ1) is 3.77. The fourth-order valence-corrected chi connectivity index (χ4v) is 0.269. The summed E-state index contributed by atoms with van der Waals surface area (Å²) in [5, 5.41) is 0. The molecule has 0 heterocycles. The Bertz CT molecular complexity index is 72.2. The summed E-state index contributed by atoms with van der Waals surface area (Å²) in [5.74, 6) is -0.262. The van der Waals surface area contributed by atoms with E-state index in [9.17, 15) is 4.79 Å². The van der Waals surface area contributed by atoms with E-state index in [1.807, 2.05) is 0 Å². The molecule has 12 heavy (non-hydrogen) atoms. The van der Waals surface area contributed by atoms with Gasteiger partial charge in [-0.25, -0.2) is 0 Å². The highest BCUT2D eigenvalue weighted by Crippen LogP contribution is 1.74. The van der Waals surface area contributed by atoms with Crippen molar-refractivity contribution in [2.75, 3.05) is 20.3 Å². The second-order valence-corrected chi connectivity index (χ2v) is 1.33. The molecule has 0 unspecified atom stereocenters. The molecule has 0 aliphatic carbocycles. The van der Waals surface area contributed by atoms with E-state index in [1.54, 1.807) is 7.11 Å². The average Bonchev–Trinajstić information content (AvgIpc) is 1.66. The average molecular weight is 182 g/mol. The van der Waals surface area contributed by atoms with Gasteiger partial charge in [-0.3, -0.25) is 4.79 Å². The Morgan fingerprint density at radius 2 is 1.50 bits per heavy atom. The molecule has 0 saturated heterocycles. The van der Waals surface area contributed by atoms with Gasteiger partial charge in [0.1, 0.15) is 6.61 Å². The third-order valence-electron chi connectivity index (χ3n) is 0.593. The number of ether oxygens (including phenoxy) is 2. The SMILES string of the molecule is C.C.C.C.COCCOC(C)=O. The highest BCUT2D eigenvalue weighted by Gasteiger charge is 1.88. The summed E-state index contributed by atoms with van der Waals surface area (Å²) >= 11 is 0. The zero-order chi connectivity index (χ0) is 6.41. The number of carbonyl (C=O) groups excluding carboxylic acids is 1. The lowest BCUT2D eigenvalue weighted by atomic mass is 10.7. The molecule has 0 amide bonds. The zero-order valence-electron chi connectivity index (χ0n) is 5.14. The van der Waals surface area contributed by atoms with Crippen molar-refractivity contribution in [3.8, 4) is 0 Å². The van der Waals surface area contributed by atoms with Crippen LogP contribution in [0.3, 0.4) is 0 Å². The monoisotopic (exact) mass is 182 g/mol. The Morgan fingerprint density at radius 3 is 1.75 bits per heavy atom. The quantitative estimate of drug-likeness (QED) is 0.497. The van der Waals surface area contributed by atoms with Gasteiger partial charge in [-0.1, -0.05) is 29.7 Å². The van der Waals surface area contributed by atoms with Crippen LogP contribution in [0.2, 0.25) is 0 Å². The Kier molecular flexibility index (Phi) is 56.2. The Labute approximate surface area is 78.1 Å². The van der Waals surface area contributed by atoms with Crippen LogP contribution in [0.4, 0.5) is 0 Å². The van der Waals surface area contributed by atoms with Crippen molar-refractivity contribution in [1.29, 1.82) is 0 Å². The first kappa shape index (κ1) is 30.1. The number of methoxy groups -OCH3 is 1. The highest BCUT2D eigenvalue weighted by atomic mass is 16.6. The molecule has 0 saturated carbocycles. The van der Waals surface area contributed by atoms with Crippen LogP contribution in [-0.4, -0.2) is 26.3 Å². The fourth-order valence-electron chi connectivity index (χ4n) is 0.269. The van der Waals surface area contributed by atoms with Gasteiger partial charge in [-0.05, 0) is 0 Å². The minimum Gasteiger partial charge on any atom is -0.463 e. The van der Waals surface area contributed by atoms with Crippen LogP contribution in [-0.2, 0) is 14.3 Å². The molecule has 0 aromatic heterocycles. The molecule has 0 rings (SSSR count). The lowest BCUT2D eigenvalue weighted by Crippen LogP contribution is -2.05. The van der Waals surface area contributed by atoms with Gasteiger partial charge in [0.15, 0.2) is 0 Å².